The Morgan fingerprint density at radius 2 is 0.974 bits per heavy atom. The summed E-state index contributed by atoms with van der Waals surface area (Å²) in [4.78, 5) is 22.1. The highest BCUT2D eigenvalue weighted by molar-refractivity contribution is 5.81. The van der Waals surface area contributed by atoms with Crippen molar-refractivity contribution in [2.45, 2.75) is 149 Å². The molecule has 4 aliphatic rings. The number of carbonyl (C=O) groups excluding carboxylic acids is 2. The maximum absolute atomic E-state index is 11.4. The van der Waals surface area contributed by atoms with Gasteiger partial charge < -0.3 is 9.53 Å². The number of aldehydes is 1. The molecule has 0 spiro atoms. The van der Waals surface area contributed by atoms with E-state index in [0.29, 0.717) is 18.4 Å². The number of hydrogen-bond acceptors (Lipinski definition) is 3. The molecule has 0 bridgehead atoms. The molecule has 224 valence electrons. The van der Waals surface area contributed by atoms with Gasteiger partial charge in [-0.3, -0.25) is 0 Å². The molecule has 0 atom stereocenters. The Morgan fingerprint density at radius 1 is 0.590 bits per heavy atom. The zero-order chi connectivity index (χ0) is 27.9. The van der Waals surface area contributed by atoms with Gasteiger partial charge in [-0.1, -0.05) is 71.3 Å². The zero-order valence-corrected chi connectivity index (χ0v) is 25.9. The van der Waals surface area contributed by atoms with Crippen LogP contribution in [0.2, 0.25) is 0 Å². The van der Waals surface area contributed by atoms with Crippen LogP contribution in [0.4, 0.5) is 0 Å². The van der Waals surface area contributed by atoms with E-state index in [9.17, 15) is 9.59 Å². The summed E-state index contributed by atoms with van der Waals surface area (Å²) < 4.78 is 4.95. The molecule has 4 rings (SSSR count). The average molecular weight is 543 g/mol. The fourth-order valence-electron chi connectivity index (χ4n) is 8.68. The molecule has 0 aromatic carbocycles. The van der Waals surface area contributed by atoms with Crippen molar-refractivity contribution in [3.63, 3.8) is 0 Å². The van der Waals surface area contributed by atoms with Gasteiger partial charge in [0.25, 0.3) is 0 Å². The summed E-state index contributed by atoms with van der Waals surface area (Å²) in [5.41, 5.74) is 0. The normalized spacial score (nSPS) is 35.6. The fourth-order valence-corrected chi connectivity index (χ4v) is 8.68. The molecule has 0 aromatic heterocycles. The van der Waals surface area contributed by atoms with E-state index >= 15 is 0 Å². The average Bonchev–Trinajstić information content (AvgIpc) is 2.98. The van der Waals surface area contributed by atoms with Crippen molar-refractivity contribution in [2.24, 2.45) is 47.3 Å². The van der Waals surface area contributed by atoms with Gasteiger partial charge in [-0.25, -0.2) is 4.79 Å². The van der Waals surface area contributed by atoms with Gasteiger partial charge in [0, 0.05) is 12.0 Å². The van der Waals surface area contributed by atoms with E-state index in [1.54, 1.807) is 6.08 Å². The zero-order valence-electron chi connectivity index (χ0n) is 25.9. The highest BCUT2D eigenvalue weighted by atomic mass is 16.5. The Bertz CT molecular complexity index is 682. The Labute approximate surface area is 241 Å². The molecular weight excluding hydrogens is 480 g/mol. The molecule has 0 N–H and O–H groups in total. The predicted molar refractivity (Wildman–Crippen MR) is 163 cm³/mol. The van der Waals surface area contributed by atoms with Gasteiger partial charge in [-0.2, -0.15) is 0 Å². The molecule has 39 heavy (non-hydrogen) atoms. The second-order valence-electron chi connectivity index (χ2n) is 13.7. The number of esters is 1. The molecular formula is C36H62O3. The smallest absolute Gasteiger partial charge is 0.330 e. The predicted octanol–water partition coefficient (Wildman–Crippen LogP) is 10.1. The van der Waals surface area contributed by atoms with Gasteiger partial charge in [0.05, 0.1) is 6.61 Å². The van der Waals surface area contributed by atoms with Gasteiger partial charge in [0.15, 0.2) is 0 Å². The minimum Gasteiger partial charge on any atom is -0.463 e. The summed E-state index contributed by atoms with van der Waals surface area (Å²) in [6.07, 6.45) is 32.6. The van der Waals surface area contributed by atoms with Crippen molar-refractivity contribution in [1.29, 1.82) is 0 Å². The lowest BCUT2D eigenvalue weighted by atomic mass is 9.69. The Kier molecular flexibility index (Phi) is 15.2. The molecule has 0 aromatic rings. The van der Waals surface area contributed by atoms with Crippen LogP contribution in [0.25, 0.3) is 0 Å². The van der Waals surface area contributed by atoms with Crippen LogP contribution in [0, 0.1) is 47.3 Å². The van der Waals surface area contributed by atoms with Crippen molar-refractivity contribution in [1.82, 2.24) is 0 Å². The second-order valence-corrected chi connectivity index (χ2v) is 13.7. The third kappa shape index (κ3) is 11.3. The van der Waals surface area contributed by atoms with Gasteiger partial charge in [-0.15, -0.1) is 0 Å². The first-order chi connectivity index (χ1) is 19.1. The van der Waals surface area contributed by atoms with E-state index < -0.39 is 0 Å². The van der Waals surface area contributed by atoms with E-state index in [4.69, 9.17) is 4.74 Å². The highest BCUT2D eigenvalue weighted by Crippen LogP contribution is 2.43. The monoisotopic (exact) mass is 542 g/mol. The maximum Gasteiger partial charge on any atom is 0.330 e. The standard InChI is InChI=1S/C20H34O2.C16H28O/c1-3-5-16-6-11-18(12-7-16)19-13-8-17(9-14-19)10-15-20(21)22-4-2;1-2-3-13-4-8-15(9-5-13)16-10-6-14(12-17)7-11-16/h10,15-19H,3-9,11-14H2,1-2H3;12-16H,2-11H2,1H3/b15-10+;. The van der Waals surface area contributed by atoms with Crippen LogP contribution in [0.3, 0.4) is 0 Å². The summed E-state index contributed by atoms with van der Waals surface area (Å²) in [7, 11) is 0. The summed E-state index contributed by atoms with van der Waals surface area (Å²) in [5.74, 6) is 6.74. The molecule has 0 unspecified atom stereocenters. The van der Waals surface area contributed by atoms with Crippen LogP contribution < -0.4 is 0 Å². The van der Waals surface area contributed by atoms with E-state index in [1.807, 2.05) is 6.92 Å². The molecule has 0 saturated heterocycles. The highest BCUT2D eigenvalue weighted by Gasteiger charge is 2.31. The van der Waals surface area contributed by atoms with Crippen LogP contribution in [-0.4, -0.2) is 18.9 Å². The van der Waals surface area contributed by atoms with Crippen LogP contribution in [-0.2, 0) is 14.3 Å². The van der Waals surface area contributed by atoms with Crippen LogP contribution in [0.15, 0.2) is 12.2 Å². The van der Waals surface area contributed by atoms with Gasteiger partial charge in [0.2, 0.25) is 0 Å². The summed E-state index contributed by atoms with van der Waals surface area (Å²) in [6.45, 7) is 6.95. The van der Waals surface area contributed by atoms with Gasteiger partial charge >= 0.3 is 5.97 Å². The largest absolute Gasteiger partial charge is 0.463 e. The van der Waals surface area contributed by atoms with Crippen LogP contribution in [0.1, 0.15) is 149 Å². The number of rotatable bonds is 10. The third-order valence-corrected chi connectivity index (χ3v) is 11.1. The Balaban J connectivity index is 0.000000223. The van der Waals surface area contributed by atoms with Crippen LogP contribution >= 0.6 is 0 Å². The summed E-state index contributed by atoms with van der Waals surface area (Å²) >= 11 is 0. The lowest BCUT2D eigenvalue weighted by Gasteiger charge is -2.37. The van der Waals surface area contributed by atoms with E-state index in [0.717, 1.165) is 35.5 Å². The Hall–Kier alpha value is -1.12. The van der Waals surface area contributed by atoms with Crippen LogP contribution in [0.5, 0.6) is 0 Å². The molecule has 0 radical (unpaired) electrons. The quantitative estimate of drug-likeness (QED) is 0.157. The molecule has 4 fully saturated rings. The van der Waals surface area contributed by atoms with Gasteiger partial charge in [0.1, 0.15) is 6.29 Å². The molecule has 3 heteroatoms. The minimum atomic E-state index is -0.182. The number of allylic oxidation sites excluding steroid dienone is 1. The maximum atomic E-state index is 11.4. The molecule has 3 nitrogen and oxygen atoms in total. The number of hydrogen-bond donors (Lipinski definition) is 0. The van der Waals surface area contributed by atoms with Crippen molar-refractivity contribution in [3.05, 3.63) is 12.2 Å². The molecule has 0 amide bonds. The van der Waals surface area contributed by atoms with Crippen molar-refractivity contribution < 1.29 is 14.3 Å². The van der Waals surface area contributed by atoms with E-state index in [-0.39, 0.29) is 5.97 Å². The summed E-state index contributed by atoms with van der Waals surface area (Å²) in [6, 6.07) is 0. The third-order valence-electron chi connectivity index (χ3n) is 11.1. The molecule has 0 heterocycles. The first-order valence-electron chi connectivity index (χ1n) is 17.4. The minimum absolute atomic E-state index is 0.182. The number of ether oxygens (including phenoxy) is 1. The summed E-state index contributed by atoms with van der Waals surface area (Å²) in [5, 5.41) is 0. The lowest BCUT2D eigenvalue weighted by molar-refractivity contribution is -0.137. The Morgan fingerprint density at radius 3 is 1.33 bits per heavy atom. The SMILES string of the molecule is CCCC1CCC(C2CCC(/C=C/C(=O)OCC)CC2)CC1.CCCC1CCC(C2CCC(C=O)CC2)CC1. The fraction of sp³-hybridized carbons (Fsp3) is 0.889. The first kappa shape index (κ1) is 32.4. The second kappa shape index (κ2) is 18.3. The molecule has 4 aliphatic carbocycles. The first-order valence-corrected chi connectivity index (χ1v) is 17.4. The van der Waals surface area contributed by atoms with Gasteiger partial charge in [-0.05, 0) is 125 Å². The number of carbonyl (C=O) groups is 2. The van der Waals surface area contributed by atoms with Crippen molar-refractivity contribution in [3.8, 4) is 0 Å². The van der Waals surface area contributed by atoms with E-state index in [2.05, 4.69) is 19.9 Å². The van der Waals surface area contributed by atoms with Crippen molar-refractivity contribution >= 4 is 12.3 Å². The molecule has 4 saturated carbocycles. The molecule has 0 aliphatic heterocycles. The lowest BCUT2D eigenvalue weighted by Crippen LogP contribution is -2.26. The van der Waals surface area contributed by atoms with E-state index in [1.165, 1.54) is 135 Å². The topological polar surface area (TPSA) is 43.4 Å². The van der Waals surface area contributed by atoms with Crippen molar-refractivity contribution in [2.75, 3.05) is 6.61 Å².